The zero-order chi connectivity index (χ0) is 16.0. The van der Waals surface area contributed by atoms with Crippen molar-refractivity contribution >= 4 is 10.9 Å². The third kappa shape index (κ3) is 2.44. The molecule has 4 rings (SSSR count). The maximum atomic E-state index is 12.8. The van der Waals surface area contributed by atoms with Crippen molar-refractivity contribution in [3.63, 3.8) is 0 Å². The van der Waals surface area contributed by atoms with E-state index in [1.807, 2.05) is 41.1 Å². The Morgan fingerprint density at radius 1 is 1.17 bits per heavy atom. The summed E-state index contributed by atoms with van der Waals surface area (Å²) in [5.74, 6) is 0.908. The van der Waals surface area contributed by atoms with Crippen LogP contribution in [0.25, 0.3) is 22.0 Å². The van der Waals surface area contributed by atoms with Gasteiger partial charge >= 0.3 is 0 Å². The van der Waals surface area contributed by atoms with E-state index < -0.39 is 0 Å². The van der Waals surface area contributed by atoms with E-state index in [4.69, 9.17) is 4.98 Å². The predicted molar refractivity (Wildman–Crippen MR) is 91.3 cm³/mol. The van der Waals surface area contributed by atoms with Gasteiger partial charge in [-0.1, -0.05) is 26.0 Å². The van der Waals surface area contributed by atoms with Crippen LogP contribution in [0.3, 0.4) is 0 Å². The van der Waals surface area contributed by atoms with Crippen LogP contribution in [-0.4, -0.2) is 14.5 Å². The fraction of sp³-hybridized carbons (Fsp3) is 0.316. The summed E-state index contributed by atoms with van der Waals surface area (Å²) >= 11 is 0. The van der Waals surface area contributed by atoms with Crippen LogP contribution >= 0.6 is 0 Å². The van der Waals surface area contributed by atoms with Gasteiger partial charge in [-0.05, 0) is 35.6 Å². The third-order valence-electron chi connectivity index (χ3n) is 4.64. The second-order valence-electron chi connectivity index (χ2n) is 7.06. The van der Waals surface area contributed by atoms with Gasteiger partial charge in [0, 0.05) is 30.9 Å². The van der Waals surface area contributed by atoms with E-state index in [2.05, 4.69) is 18.8 Å². The summed E-state index contributed by atoms with van der Waals surface area (Å²) in [6.45, 7) is 5.16. The van der Waals surface area contributed by atoms with Crippen LogP contribution in [0.15, 0.2) is 47.5 Å². The number of benzene rings is 1. The Morgan fingerprint density at radius 2 is 2.04 bits per heavy atom. The highest BCUT2D eigenvalue weighted by Gasteiger charge is 2.27. The minimum Gasteiger partial charge on any atom is -0.296 e. The zero-order valence-electron chi connectivity index (χ0n) is 13.4. The van der Waals surface area contributed by atoms with Gasteiger partial charge in [-0.2, -0.15) is 0 Å². The molecule has 4 nitrogen and oxygen atoms in total. The van der Waals surface area contributed by atoms with Gasteiger partial charge in [-0.15, -0.1) is 0 Å². The molecule has 0 bridgehead atoms. The van der Waals surface area contributed by atoms with Crippen LogP contribution in [0.1, 0.15) is 26.1 Å². The Morgan fingerprint density at radius 3 is 2.83 bits per heavy atom. The van der Waals surface area contributed by atoms with Crippen LogP contribution in [-0.2, 0) is 13.0 Å². The lowest BCUT2D eigenvalue weighted by Crippen LogP contribution is -2.36. The molecular formula is C19H19N3O. The highest BCUT2D eigenvalue weighted by atomic mass is 16.1. The highest BCUT2D eigenvalue weighted by molar-refractivity contribution is 5.83. The second kappa shape index (κ2) is 5.01. The van der Waals surface area contributed by atoms with Gasteiger partial charge in [0.2, 0.25) is 0 Å². The topological polar surface area (TPSA) is 47.8 Å². The fourth-order valence-electron chi connectivity index (χ4n) is 3.29. The number of hydrogen-bond acceptors (Lipinski definition) is 3. The quantitative estimate of drug-likeness (QED) is 0.692. The standard InChI is InChI=1S/C19H19N3O/c1-19(2)8-7-17-21-16-10-13(14-4-3-9-20-11-14)5-6-15(16)18(23)22(17)12-19/h3-6,9-11H,7-8,12H2,1-2H3. The lowest BCUT2D eigenvalue weighted by molar-refractivity contribution is 0.240. The molecule has 4 heteroatoms. The predicted octanol–water partition coefficient (Wildman–Crippen LogP) is 3.43. The Balaban J connectivity index is 1.90. The number of aromatic nitrogens is 3. The van der Waals surface area contributed by atoms with Crippen molar-refractivity contribution in [3.05, 3.63) is 58.9 Å². The Kier molecular flexibility index (Phi) is 3.08. The molecule has 23 heavy (non-hydrogen) atoms. The first-order chi connectivity index (χ1) is 11.0. The molecule has 0 unspecified atom stereocenters. The summed E-state index contributed by atoms with van der Waals surface area (Å²) in [6.07, 6.45) is 5.50. The molecule has 116 valence electrons. The summed E-state index contributed by atoms with van der Waals surface area (Å²) in [7, 11) is 0. The zero-order valence-corrected chi connectivity index (χ0v) is 13.4. The van der Waals surface area contributed by atoms with Crippen molar-refractivity contribution in [1.82, 2.24) is 14.5 Å². The van der Waals surface area contributed by atoms with Gasteiger partial charge in [-0.3, -0.25) is 14.3 Å². The van der Waals surface area contributed by atoms with Crippen molar-refractivity contribution in [3.8, 4) is 11.1 Å². The van der Waals surface area contributed by atoms with E-state index in [0.717, 1.165) is 41.9 Å². The molecule has 0 amide bonds. The summed E-state index contributed by atoms with van der Waals surface area (Å²) in [5, 5.41) is 0.694. The van der Waals surface area contributed by atoms with Crippen molar-refractivity contribution in [2.24, 2.45) is 5.41 Å². The molecule has 3 heterocycles. The van der Waals surface area contributed by atoms with Gasteiger partial charge in [0.25, 0.3) is 5.56 Å². The van der Waals surface area contributed by atoms with Gasteiger partial charge in [0.05, 0.1) is 10.9 Å². The van der Waals surface area contributed by atoms with E-state index >= 15 is 0 Å². The SMILES string of the molecule is CC1(C)CCc2nc3cc(-c4cccnc4)ccc3c(=O)n2C1. The molecule has 0 radical (unpaired) electrons. The molecule has 1 aliphatic rings. The summed E-state index contributed by atoms with van der Waals surface area (Å²) in [5.41, 5.74) is 3.09. The molecule has 0 fully saturated rings. The molecule has 0 atom stereocenters. The molecule has 2 aromatic heterocycles. The average molecular weight is 305 g/mol. The molecule has 3 aromatic rings. The van der Waals surface area contributed by atoms with Gasteiger partial charge in [0.1, 0.15) is 5.82 Å². The molecule has 0 N–H and O–H groups in total. The fourth-order valence-corrected chi connectivity index (χ4v) is 3.29. The smallest absolute Gasteiger partial charge is 0.261 e. The Bertz CT molecular complexity index is 942. The van der Waals surface area contributed by atoms with Gasteiger partial charge < -0.3 is 0 Å². The number of rotatable bonds is 1. The molecule has 1 aromatic carbocycles. The molecule has 0 spiro atoms. The van der Waals surface area contributed by atoms with Crippen LogP contribution < -0.4 is 5.56 Å². The molecule has 0 aliphatic carbocycles. The summed E-state index contributed by atoms with van der Waals surface area (Å²) in [4.78, 5) is 21.7. The van der Waals surface area contributed by atoms with E-state index in [1.54, 1.807) is 6.20 Å². The van der Waals surface area contributed by atoms with E-state index in [-0.39, 0.29) is 11.0 Å². The van der Waals surface area contributed by atoms with Gasteiger partial charge in [0.15, 0.2) is 0 Å². The monoisotopic (exact) mass is 305 g/mol. The van der Waals surface area contributed by atoms with Crippen LogP contribution in [0.4, 0.5) is 0 Å². The molecule has 1 aliphatic heterocycles. The maximum Gasteiger partial charge on any atom is 0.261 e. The number of nitrogens with zero attached hydrogens (tertiary/aromatic N) is 3. The van der Waals surface area contributed by atoms with E-state index in [9.17, 15) is 4.79 Å². The van der Waals surface area contributed by atoms with E-state index in [0.29, 0.717) is 5.39 Å². The van der Waals surface area contributed by atoms with Crippen molar-refractivity contribution in [2.75, 3.05) is 0 Å². The summed E-state index contributed by atoms with van der Waals surface area (Å²) < 4.78 is 1.86. The van der Waals surface area contributed by atoms with Crippen LogP contribution in [0.5, 0.6) is 0 Å². The Labute approximate surface area is 134 Å². The largest absolute Gasteiger partial charge is 0.296 e. The molecule has 0 saturated carbocycles. The van der Waals surface area contributed by atoms with Crippen LogP contribution in [0.2, 0.25) is 0 Å². The van der Waals surface area contributed by atoms with Crippen molar-refractivity contribution < 1.29 is 0 Å². The number of aryl methyl sites for hydroxylation is 1. The Hall–Kier alpha value is -2.49. The summed E-state index contributed by atoms with van der Waals surface area (Å²) in [6, 6.07) is 9.79. The first kappa shape index (κ1) is 14.1. The molecular weight excluding hydrogens is 286 g/mol. The first-order valence-electron chi connectivity index (χ1n) is 7.97. The third-order valence-corrected chi connectivity index (χ3v) is 4.64. The number of pyridine rings is 1. The maximum absolute atomic E-state index is 12.8. The number of fused-ring (bicyclic) bond motifs is 2. The van der Waals surface area contributed by atoms with Crippen molar-refractivity contribution in [2.45, 2.75) is 33.2 Å². The normalized spacial score (nSPS) is 16.3. The minimum atomic E-state index is 0.0792. The highest BCUT2D eigenvalue weighted by Crippen LogP contribution is 2.30. The number of hydrogen-bond donors (Lipinski definition) is 0. The first-order valence-corrected chi connectivity index (χ1v) is 7.97. The minimum absolute atomic E-state index is 0.0792. The average Bonchev–Trinajstić information content (AvgIpc) is 2.56. The van der Waals surface area contributed by atoms with E-state index in [1.165, 1.54) is 0 Å². The molecule has 0 saturated heterocycles. The van der Waals surface area contributed by atoms with Gasteiger partial charge in [-0.25, -0.2) is 4.98 Å². The lowest BCUT2D eigenvalue weighted by Gasteiger charge is -2.31. The van der Waals surface area contributed by atoms with Crippen LogP contribution in [0, 0.1) is 5.41 Å². The van der Waals surface area contributed by atoms with Crippen molar-refractivity contribution in [1.29, 1.82) is 0 Å². The lowest BCUT2D eigenvalue weighted by atomic mass is 9.85. The second-order valence-corrected chi connectivity index (χ2v) is 7.06.